The normalized spacial score (nSPS) is 14.8. The Morgan fingerprint density at radius 2 is 1.57 bits per heavy atom. The Morgan fingerprint density at radius 1 is 0.886 bits per heavy atom. The van der Waals surface area contributed by atoms with Gasteiger partial charge >= 0.3 is 0 Å². The summed E-state index contributed by atoms with van der Waals surface area (Å²) >= 11 is 0. The fraction of sp³-hybridized carbons (Fsp3) is 0.346. The summed E-state index contributed by atoms with van der Waals surface area (Å²) in [6, 6.07) is 16.4. The van der Waals surface area contributed by atoms with Crippen LogP contribution in [0.2, 0.25) is 0 Å². The maximum Gasteiger partial charge on any atom is 0.243 e. The van der Waals surface area contributed by atoms with Crippen molar-refractivity contribution in [1.29, 1.82) is 0 Å². The molecule has 0 atom stereocenters. The summed E-state index contributed by atoms with van der Waals surface area (Å²) in [4.78, 5) is 14.1. The van der Waals surface area contributed by atoms with Crippen LogP contribution >= 0.6 is 0 Å². The molecule has 4 rings (SSSR count). The Kier molecular flexibility index (Phi) is 7.18. The predicted octanol–water partition coefficient (Wildman–Crippen LogP) is 3.87. The first-order valence-electron chi connectivity index (χ1n) is 11.7. The number of aryl methyl sites for hydroxylation is 2. The van der Waals surface area contributed by atoms with Gasteiger partial charge in [-0.25, -0.2) is 8.42 Å². The number of aromatic nitrogens is 2. The van der Waals surface area contributed by atoms with Crippen LogP contribution in [-0.4, -0.2) is 55.0 Å². The van der Waals surface area contributed by atoms with Crippen LogP contribution in [0.1, 0.15) is 25.0 Å². The van der Waals surface area contributed by atoms with E-state index in [4.69, 9.17) is 0 Å². The smallest absolute Gasteiger partial charge is 0.243 e. The largest absolute Gasteiger partial charge is 0.352 e. The average molecular weight is 494 g/mol. The van der Waals surface area contributed by atoms with Crippen molar-refractivity contribution in [1.82, 2.24) is 14.5 Å². The molecule has 2 aromatic carbocycles. The molecule has 3 aromatic rings. The van der Waals surface area contributed by atoms with Gasteiger partial charge in [0, 0.05) is 43.3 Å². The number of carbonyl (C=O) groups is 1. The van der Waals surface area contributed by atoms with Crippen molar-refractivity contribution in [3.05, 3.63) is 65.7 Å². The lowest BCUT2D eigenvalue weighted by Crippen LogP contribution is -2.49. The molecule has 1 amide bonds. The van der Waals surface area contributed by atoms with E-state index in [1.165, 1.54) is 27.6 Å². The molecular weight excluding hydrogens is 462 g/mol. The van der Waals surface area contributed by atoms with E-state index in [1.54, 1.807) is 26.0 Å². The quantitative estimate of drug-likeness (QED) is 0.560. The summed E-state index contributed by atoms with van der Waals surface area (Å²) in [6.07, 6.45) is 0. The molecule has 9 heteroatoms. The SMILES string of the molecule is Cc1ccc(-c2ccc(N3CCN(S(=O)(=O)c4ccc(NC(=O)C(C)C)cc4)CC3)nn2)cc1C. The zero-order valence-electron chi connectivity index (χ0n) is 20.5. The molecule has 0 bridgehead atoms. The van der Waals surface area contributed by atoms with Gasteiger partial charge in [-0.1, -0.05) is 26.0 Å². The summed E-state index contributed by atoms with van der Waals surface area (Å²) in [5.74, 6) is 0.476. The lowest BCUT2D eigenvalue weighted by atomic mass is 10.0. The standard InChI is InChI=1S/C26H31N5O3S/c1-18(2)26(32)27-22-7-9-23(10-8-22)35(33,34)31-15-13-30(14-16-31)25-12-11-24(28-29-25)21-6-5-19(3)20(4)17-21/h5-12,17-18H,13-16H2,1-4H3,(H,27,32). The molecular formula is C26H31N5O3S. The summed E-state index contributed by atoms with van der Waals surface area (Å²) in [7, 11) is -3.62. The molecule has 0 unspecified atom stereocenters. The molecule has 35 heavy (non-hydrogen) atoms. The number of hydrogen-bond donors (Lipinski definition) is 1. The van der Waals surface area contributed by atoms with Crippen LogP contribution in [0.15, 0.2) is 59.5 Å². The maximum atomic E-state index is 13.1. The lowest BCUT2D eigenvalue weighted by molar-refractivity contribution is -0.118. The van der Waals surface area contributed by atoms with E-state index in [1.807, 2.05) is 23.1 Å². The number of amides is 1. The Labute approximate surface area is 207 Å². The number of piperazine rings is 1. The third-order valence-corrected chi connectivity index (χ3v) is 8.21. The van der Waals surface area contributed by atoms with Crippen molar-refractivity contribution in [2.24, 2.45) is 5.92 Å². The van der Waals surface area contributed by atoms with Crippen LogP contribution < -0.4 is 10.2 Å². The van der Waals surface area contributed by atoms with E-state index in [0.717, 1.165) is 17.1 Å². The first-order valence-corrected chi connectivity index (χ1v) is 13.2. The van der Waals surface area contributed by atoms with Crippen molar-refractivity contribution in [3.8, 4) is 11.3 Å². The maximum absolute atomic E-state index is 13.1. The van der Waals surface area contributed by atoms with Gasteiger partial charge in [0.15, 0.2) is 5.82 Å². The third-order valence-electron chi connectivity index (χ3n) is 6.30. The van der Waals surface area contributed by atoms with E-state index in [0.29, 0.717) is 31.9 Å². The Balaban J connectivity index is 1.39. The first kappa shape index (κ1) is 24.8. The molecule has 0 spiro atoms. The molecule has 1 aliphatic rings. The molecule has 0 saturated carbocycles. The molecule has 184 valence electrons. The minimum Gasteiger partial charge on any atom is -0.352 e. The van der Waals surface area contributed by atoms with Crippen LogP contribution in [0.5, 0.6) is 0 Å². The van der Waals surface area contributed by atoms with Crippen molar-refractivity contribution >= 4 is 27.4 Å². The number of hydrogen-bond acceptors (Lipinski definition) is 6. The molecule has 0 radical (unpaired) electrons. The van der Waals surface area contributed by atoms with E-state index >= 15 is 0 Å². The second kappa shape index (κ2) is 10.1. The second-order valence-electron chi connectivity index (χ2n) is 9.14. The number of rotatable bonds is 6. The highest BCUT2D eigenvalue weighted by Gasteiger charge is 2.29. The van der Waals surface area contributed by atoms with Gasteiger partial charge < -0.3 is 10.2 Å². The van der Waals surface area contributed by atoms with Crippen LogP contribution in [0.25, 0.3) is 11.3 Å². The third kappa shape index (κ3) is 5.52. The van der Waals surface area contributed by atoms with Crippen molar-refractivity contribution in [2.45, 2.75) is 32.6 Å². The van der Waals surface area contributed by atoms with Gasteiger partial charge in [0.2, 0.25) is 15.9 Å². The monoisotopic (exact) mass is 493 g/mol. The minimum absolute atomic E-state index is 0.109. The highest BCUT2D eigenvalue weighted by molar-refractivity contribution is 7.89. The van der Waals surface area contributed by atoms with E-state index < -0.39 is 10.0 Å². The van der Waals surface area contributed by atoms with Crippen molar-refractivity contribution in [2.75, 3.05) is 36.4 Å². The number of benzene rings is 2. The molecule has 1 saturated heterocycles. The number of sulfonamides is 1. The van der Waals surface area contributed by atoms with Gasteiger partial charge in [0.1, 0.15) is 0 Å². The second-order valence-corrected chi connectivity index (χ2v) is 11.1. The fourth-order valence-corrected chi connectivity index (χ4v) is 5.27. The molecule has 1 aromatic heterocycles. The summed E-state index contributed by atoms with van der Waals surface area (Å²) in [6.45, 7) is 9.53. The average Bonchev–Trinajstić information content (AvgIpc) is 2.86. The van der Waals surface area contributed by atoms with Crippen LogP contribution in [0.4, 0.5) is 11.5 Å². The Bertz CT molecular complexity index is 1300. The summed E-state index contributed by atoms with van der Waals surface area (Å²) in [5.41, 5.74) is 4.86. The van der Waals surface area contributed by atoms with Crippen LogP contribution in [0.3, 0.4) is 0 Å². The number of nitrogens with zero attached hydrogens (tertiary/aromatic N) is 4. The molecule has 1 N–H and O–H groups in total. The van der Waals surface area contributed by atoms with Crippen LogP contribution in [0, 0.1) is 19.8 Å². The lowest BCUT2D eigenvalue weighted by Gasteiger charge is -2.34. The zero-order chi connectivity index (χ0) is 25.2. The number of nitrogens with one attached hydrogen (secondary N) is 1. The molecule has 1 aliphatic heterocycles. The molecule has 2 heterocycles. The van der Waals surface area contributed by atoms with Gasteiger partial charge in [-0.15, -0.1) is 10.2 Å². The predicted molar refractivity (Wildman–Crippen MR) is 138 cm³/mol. The van der Waals surface area contributed by atoms with Gasteiger partial charge in [-0.05, 0) is 67.4 Å². The number of carbonyl (C=O) groups excluding carboxylic acids is 1. The first-order chi connectivity index (χ1) is 16.6. The van der Waals surface area contributed by atoms with Crippen molar-refractivity contribution in [3.63, 3.8) is 0 Å². The number of anilines is 2. The van der Waals surface area contributed by atoms with Gasteiger partial charge in [0.05, 0.1) is 10.6 Å². The fourth-order valence-electron chi connectivity index (χ4n) is 3.85. The van der Waals surface area contributed by atoms with E-state index in [9.17, 15) is 13.2 Å². The van der Waals surface area contributed by atoms with E-state index in [-0.39, 0.29) is 16.7 Å². The van der Waals surface area contributed by atoms with E-state index in [2.05, 4.69) is 41.5 Å². The summed E-state index contributed by atoms with van der Waals surface area (Å²) < 4.78 is 27.7. The molecule has 0 aliphatic carbocycles. The molecule has 8 nitrogen and oxygen atoms in total. The highest BCUT2D eigenvalue weighted by atomic mass is 32.2. The van der Waals surface area contributed by atoms with Crippen molar-refractivity contribution < 1.29 is 13.2 Å². The van der Waals surface area contributed by atoms with Gasteiger partial charge in [0.25, 0.3) is 0 Å². The topological polar surface area (TPSA) is 95.5 Å². The minimum atomic E-state index is -3.62. The Hall–Kier alpha value is -3.30. The Morgan fingerprint density at radius 3 is 2.14 bits per heavy atom. The summed E-state index contributed by atoms with van der Waals surface area (Å²) in [5, 5.41) is 11.6. The van der Waals surface area contributed by atoms with Gasteiger partial charge in [-0.3, -0.25) is 4.79 Å². The zero-order valence-corrected chi connectivity index (χ0v) is 21.3. The van der Waals surface area contributed by atoms with Gasteiger partial charge in [-0.2, -0.15) is 4.31 Å². The van der Waals surface area contributed by atoms with Crippen LogP contribution in [-0.2, 0) is 14.8 Å². The molecule has 1 fully saturated rings. The highest BCUT2D eigenvalue weighted by Crippen LogP contribution is 2.24.